The van der Waals surface area contributed by atoms with Gasteiger partial charge in [0, 0.05) is 25.4 Å². The van der Waals surface area contributed by atoms with Crippen LogP contribution in [0.1, 0.15) is 16.1 Å². The maximum atomic E-state index is 14.1. The lowest BCUT2D eigenvalue weighted by molar-refractivity contribution is -0.137. The average molecular weight is 446 g/mol. The van der Waals surface area contributed by atoms with Crippen LogP contribution < -0.4 is 10.1 Å². The third kappa shape index (κ3) is 4.17. The zero-order chi connectivity index (χ0) is 23.0. The van der Waals surface area contributed by atoms with Gasteiger partial charge < -0.3 is 19.7 Å². The van der Waals surface area contributed by atoms with Gasteiger partial charge in [0.2, 0.25) is 5.95 Å². The van der Waals surface area contributed by atoms with Crippen molar-refractivity contribution in [2.24, 2.45) is 7.05 Å². The highest BCUT2D eigenvalue weighted by Crippen LogP contribution is 2.33. The van der Waals surface area contributed by atoms with E-state index in [2.05, 4.69) is 15.3 Å². The van der Waals surface area contributed by atoms with Gasteiger partial charge in [0.25, 0.3) is 0 Å². The highest BCUT2D eigenvalue weighted by Gasteiger charge is 2.31. The van der Waals surface area contributed by atoms with E-state index in [1.807, 2.05) is 0 Å². The molecule has 0 spiro atoms. The normalized spacial score (nSPS) is 11.5. The summed E-state index contributed by atoms with van der Waals surface area (Å²) in [6.07, 6.45) is -3.32. The fourth-order valence-electron chi connectivity index (χ4n) is 3.00. The number of aromatic carboxylic acids is 1. The predicted molar refractivity (Wildman–Crippen MR) is 107 cm³/mol. The number of hydrogen-bond acceptors (Lipinski definition) is 5. The summed E-state index contributed by atoms with van der Waals surface area (Å²) >= 11 is 0. The number of carbonyl (C=O) groups is 1. The Kier molecular flexibility index (Phi) is 5.17. The SMILES string of the molecule is Cn1c(Nc2cc(C(F)(F)F)ccc2F)nc2cc(Oc3ccnc(C(=O)O)c3)ccc21. The Bertz CT molecular complexity index is 1330. The van der Waals surface area contributed by atoms with Crippen LogP contribution in [-0.2, 0) is 13.2 Å². The largest absolute Gasteiger partial charge is 0.477 e. The van der Waals surface area contributed by atoms with Crippen molar-refractivity contribution in [3.63, 3.8) is 0 Å². The zero-order valence-corrected chi connectivity index (χ0v) is 16.3. The number of nitrogens with one attached hydrogen (secondary N) is 1. The molecule has 0 bridgehead atoms. The highest BCUT2D eigenvalue weighted by molar-refractivity contribution is 5.85. The molecule has 7 nitrogen and oxygen atoms in total. The maximum absolute atomic E-state index is 14.1. The number of benzene rings is 2. The minimum absolute atomic E-state index is 0.118. The molecule has 2 aromatic heterocycles. The number of nitrogens with zero attached hydrogens (tertiary/aromatic N) is 3. The molecule has 164 valence electrons. The van der Waals surface area contributed by atoms with Crippen molar-refractivity contribution in [3.8, 4) is 11.5 Å². The van der Waals surface area contributed by atoms with Gasteiger partial charge in [-0.25, -0.2) is 19.2 Å². The smallest absolute Gasteiger partial charge is 0.416 e. The molecule has 0 amide bonds. The van der Waals surface area contributed by atoms with Gasteiger partial charge in [-0.2, -0.15) is 13.2 Å². The minimum atomic E-state index is -4.61. The van der Waals surface area contributed by atoms with Gasteiger partial charge in [-0.3, -0.25) is 0 Å². The molecule has 0 saturated carbocycles. The van der Waals surface area contributed by atoms with Gasteiger partial charge >= 0.3 is 12.1 Å². The van der Waals surface area contributed by atoms with Crippen LogP contribution >= 0.6 is 0 Å². The number of pyridine rings is 1. The van der Waals surface area contributed by atoms with Gasteiger partial charge in [-0.15, -0.1) is 0 Å². The number of anilines is 2. The molecule has 0 aliphatic heterocycles. The van der Waals surface area contributed by atoms with E-state index >= 15 is 0 Å². The average Bonchev–Trinajstić information content (AvgIpc) is 3.03. The van der Waals surface area contributed by atoms with E-state index in [1.54, 1.807) is 29.8 Å². The van der Waals surface area contributed by atoms with Gasteiger partial charge in [0.1, 0.15) is 17.3 Å². The van der Waals surface area contributed by atoms with Gasteiger partial charge in [0.05, 0.1) is 22.3 Å². The molecular weight excluding hydrogens is 432 g/mol. The van der Waals surface area contributed by atoms with Crippen molar-refractivity contribution in [1.29, 1.82) is 0 Å². The quantitative estimate of drug-likeness (QED) is 0.401. The molecule has 0 aliphatic rings. The summed E-state index contributed by atoms with van der Waals surface area (Å²) in [4.78, 5) is 19.1. The molecule has 2 heterocycles. The van der Waals surface area contributed by atoms with E-state index in [9.17, 15) is 22.4 Å². The molecule has 4 rings (SSSR count). The first-order chi connectivity index (χ1) is 15.1. The number of carboxylic acids is 1. The first-order valence-corrected chi connectivity index (χ1v) is 9.09. The second-order valence-corrected chi connectivity index (χ2v) is 6.75. The number of hydrogen-bond donors (Lipinski definition) is 2. The number of halogens is 4. The molecule has 4 aromatic rings. The number of fused-ring (bicyclic) bond motifs is 1. The summed E-state index contributed by atoms with van der Waals surface area (Å²) in [7, 11) is 1.62. The van der Waals surface area contributed by atoms with Gasteiger partial charge in [-0.1, -0.05) is 0 Å². The number of carboxylic acid groups (broad SMARTS) is 1. The molecule has 32 heavy (non-hydrogen) atoms. The number of alkyl halides is 3. The summed E-state index contributed by atoms with van der Waals surface area (Å²) < 4.78 is 60.2. The van der Waals surface area contributed by atoms with Crippen LogP contribution in [0.2, 0.25) is 0 Å². The summed E-state index contributed by atoms with van der Waals surface area (Å²) in [6.45, 7) is 0. The first kappa shape index (κ1) is 21.1. The molecule has 11 heteroatoms. The Hall–Kier alpha value is -4.15. The van der Waals surface area contributed by atoms with Crippen molar-refractivity contribution < 1.29 is 32.2 Å². The summed E-state index contributed by atoms with van der Waals surface area (Å²) in [5.41, 5.74) is -0.516. The summed E-state index contributed by atoms with van der Waals surface area (Å²) in [5, 5.41) is 11.6. The first-order valence-electron chi connectivity index (χ1n) is 9.09. The van der Waals surface area contributed by atoms with E-state index in [0.717, 1.165) is 6.07 Å². The van der Waals surface area contributed by atoms with Crippen LogP contribution in [0.25, 0.3) is 11.0 Å². The minimum Gasteiger partial charge on any atom is -0.477 e. The van der Waals surface area contributed by atoms with Crippen molar-refractivity contribution in [2.45, 2.75) is 6.18 Å². The van der Waals surface area contributed by atoms with E-state index < -0.39 is 23.5 Å². The second-order valence-electron chi connectivity index (χ2n) is 6.75. The third-order valence-corrected chi connectivity index (χ3v) is 4.58. The molecule has 0 radical (unpaired) electrons. The van der Waals surface area contributed by atoms with Gasteiger partial charge in [0.15, 0.2) is 5.69 Å². The number of aromatic nitrogens is 3. The van der Waals surface area contributed by atoms with E-state index in [1.165, 1.54) is 18.3 Å². The van der Waals surface area contributed by atoms with Crippen LogP contribution in [0.5, 0.6) is 11.5 Å². The van der Waals surface area contributed by atoms with Crippen LogP contribution in [0.4, 0.5) is 29.2 Å². The number of rotatable bonds is 5. The molecule has 0 unspecified atom stereocenters. The lowest BCUT2D eigenvalue weighted by atomic mass is 10.2. The molecule has 0 aliphatic carbocycles. The molecule has 0 atom stereocenters. The number of imidazole rings is 1. The van der Waals surface area contributed by atoms with E-state index in [-0.39, 0.29) is 23.1 Å². The third-order valence-electron chi connectivity index (χ3n) is 4.58. The van der Waals surface area contributed by atoms with E-state index in [4.69, 9.17) is 9.84 Å². The van der Waals surface area contributed by atoms with Crippen LogP contribution in [0.15, 0.2) is 54.7 Å². The Morgan fingerprint density at radius 1 is 1.09 bits per heavy atom. The predicted octanol–water partition coefficient (Wildman–Crippen LogP) is 5.36. The van der Waals surface area contributed by atoms with Crippen molar-refractivity contribution in [3.05, 3.63) is 71.8 Å². The monoisotopic (exact) mass is 446 g/mol. The molecular formula is C21H14F4N4O3. The second kappa shape index (κ2) is 7.84. The Labute approximate surface area is 177 Å². The Balaban J connectivity index is 1.64. The fraction of sp³-hybridized carbons (Fsp3) is 0.0952. The van der Waals surface area contributed by atoms with Crippen molar-refractivity contribution in [1.82, 2.24) is 14.5 Å². The van der Waals surface area contributed by atoms with E-state index in [0.29, 0.717) is 28.9 Å². The standard InChI is InChI=1S/C21H14F4N4O3/c1-29-18-5-3-12(32-13-6-7-26-17(10-13)19(30)31)9-16(18)28-20(29)27-15-8-11(21(23,24)25)2-4-14(15)22/h2-10H,1H3,(H,27,28)(H,30,31). The summed E-state index contributed by atoms with van der Waals surface area (Å²) in [5.74, 6) is -1.35. The Morgan fingerprint density at radius 2 is 1.84 bits per heavy atom. The highest BCUT2D eigenvalue weighted by atomic mass is 19.4. The fourth-order valence-corrected chi connectivity index (χ4v) is 3.00. The van der Waals surface area contributed by atoms with Crippen molar-refractivity contribution in [2.75, 3.05) is 5.32 Å². The number of ether oxygens (including phenoxy) is 1. The van der Waals surface area contributed by atoms with Crippen molar-refractivity contribution >= 4 is 28.6 Å². The lowest BCUT2D eigenvalue weighted by Gasteiger charge is -2.11. The topological polar surface area (TPSA) is 89.3 Å². The molecule has 2 aromatic carbocycles. The number of aryl methyl sites for hydroxylation is 1. The van der Waals surface area contributed by atoms with Gasteiger partial charge in [-0.05, 0) is 36.4 Å². The summed E-state index contributed by atoms with van der Waals surface area (Å²) in [6, 6.07) is 9.64. The van der Waals surface area contributed by atoms with Crippen LogP contribution in [0.3, 0.4) is 0 Å². The Morgan fingerprint density at radius 3 is 2.56 bits per heavy atom. The molecule has 0 fully saturated rings. The van der Waals surface area contributed by atoms with Crippen LogP contribution in [0, 0.1) is 5.82 Å². The molecule has 0 saturated heterocycles. The molecule has 2 N–H and O–H groups in total. The zero-order valence-electron chi connectivity index (χ0n) is 16.3. The lowest BCUT2D eigenvalue weighted by Crippen LogP contribution is -2.07. The maximum Gasteiger partial charge on any atom is 0.416 e. The van der Waals surface area contributed by atoms with Crippen LogP contribution in [-0.4, -0.2) is 25.6 Å².